The van der Waals surface area contributed by atoms with Crippen LogP contribution in [-0.2, 0) is 4.79 Å². The summed E-state index contributed by atoms with van der Waals surface area (Å²) in [6, 6.07) is 17.2. The van der Waals surface area contributed by atoms with Crippen molar-refractivity contribution in [3.05, 3.63) is 54.1 Å². The minimum absolute atomic E-state index is 0.196. The van der Waals surface area contributed by atoms with Gasteiger partial charge >= 0.3 is 0 Å². The van der Waals surface area contributed by atoms with Gasteiger partial charge in [-0.05, 0) is 55.2 Å². The molecule has 1 N–H and O–H groups in total. The Morgan fingerprint density at radius 3 is 2.21 bits per heavy atom. The van der Waals surface area contributed by atoms with Gasteiger partial charge in [0.2, 0.25) is 5.91 Å². The van der Waals surface area contributed by atoms with E-state index >= 15 is 0 Å². The van der Waals surface area contributed by atoms with Crippen LogP contribution < -0.4 is 5.32 Å². The summed E-state index contributed by atoms with van der Waals surface area (Å²) >= 11 is 0. The van der Waals surface area contributed by atoms with Crippen LogP contribution in [-0.4, -0.2) is 21.5 Å². The van der Waals surface area contributed by atoms with E-state index in [4.69, 9.17) is 4.98 Å². The Hall–Kier alpha value is -2.62. The number of carbonyl (C=O) groups is 1. The van der Waals surface area contributed by atoms with Gasteiger partial charge in [0.05, 0.1) is 11.0 Å². The highest BCUT2D eigenvalue weighted by molar-refractivity contribution is 5.87. The number of nitrogens with one attached hydrogen (secondary N) is 1. The molecule has 2 aliphatic carbocycles. The monoisotopic (exact) mass is 457 g/mol. The first kappa shape index (κ1) is 23.1. The van der Waals surface area contributed by atoms with Gasteiger partial charge in [-0.1, -0.05) is 88.8 Å². The standard InChI is InChI=1S/C30H39N3O/c1-21(2)22-17-19-24(20-18-22)29-32-26-15-9-10-16-27(26)33(29)28(23-11-5-3-6-12-23)30(34)31-25-13-7-4-8-14-25/h9-10,15-21,23,25,28H,3-8,11-14H2,1-2H3,(H,31,34). The minimum Gasteiger partial charge on any atom is -0.352 e. The first-order valence-corrected chi connectivity index (χ1v) is 13.5. The fraction of sp³-hybridized carbons (Fsp3) is 0.533. The number of amides is 1. The topological polar surface area (TPSA) is 46.9 Å². The van der Waals surface area contributed by atoms with E-state index in [-0.39, 0.29) is 11.9 Å². The fourth-order valence-electron chi connectivity index (χ4n) is 6.07. The van der Waals surface area contributed by atoms with E-state index in [1.54, 1.807) is 0 Å². The molecule has 3 aromatic rings. The van der Waals surface area contributed by atoms with E-state index in [1.807, 2.05) is 6.07 Å². The summed E-state index contributed by atoms with van der Waals surface area (Å²) < 4.78 is 2.29. The molecule has 1 amide bonds. The van der Waals surface area contributed by atoms with Crippen LogP contribution in [0.3, 0.4) is 0 Å². The summed E-state index contributed by atoms with van der Waals surface area (Å²) in [5.74, 6) is 1.96. The molecule has 0 bridgehead atoms. The molecule has 2 aromatic carbocycles. The van der Waals surface area contributed by atoms with Crippen LogP contribution in [0, 0.1) is 5.92 Å². The number of hydrogen-bond acceptors (Lipinski definition) is 2. The lowest BCUT2D eigenvalue weighted by Crippen LogP contribution is -2.43. The van der Waals surface area contributed by atoms with E-state index in [2.05, 4.69) is 66.2 Å². The molecule has 4 nitrogen and oxygen atoms in total. The fourth-order valence-corrected chi connectivity index (χ4v) is 6.07. The molecule has 2 aliphatic rings. The van der Waals surface area contributed by atoms with Crippen molar-refractivity contribution in [3.8, 4) is 11.4 Å². The maximum Gasteiger partial charge on any atom is 0.243 e. The molecule has 0 radical (unpaired) electrons. The first-order valence-electron chi connectivity index (χ1n) is 13.5. The Balaban J connectivity index is 1.59. The predicted molar refractivity (Wildman–Crippen MR) is 140 cm³/mol. The average Bonchev–Trinajstić information content (AvgIpc) is 3.25. The van der Waals surface area contributed by atoms with Gasteiger partial charge in [-0.15, -0.1) is 0 Å². The maximum absolute atomic E-state index is 14.0. The van der Waals surface area contributed by atoms with Crippen molar-refractivity contribution in [2.24, 2.45) is 5.92 Å². The highest BCUT2D eigenvalue weighted by Crippen LogP contribution is 2.38. The Morgan fingerprint density at radius 2 is 1.53 bits per heavy atom. The third-order valence-electron chi connectivity index (χ3n) is 8.03. The summed E-state index contributed by atoms with van der Waals surface area (Å²) in [5.41, 5.74) is 4.45. The van der Waals surface area contributed by atoms with Crippen LogP contribution in [0.25, 0.3) is 22.4 Å². The van der Waals surface area contributed by atoms with Gasteiger partial charge in [-0.2, -0.15) is 0 Å². The summed E-state index contributed by atoms with van der Waals surface area (Å²) in [4.78, 5) is 19.1. The summed E-state index contributed by atoms with van der Waals surface area (Å²) in [6.07, 6.45) is 11.9. The van der Waals surface area contributed by atoms with Crippen LogP contribution in [0.5, 0.6) is 0 Å². The van der Waals surface area contributed by atoms with Crippen molar-refractivity contribution >= 4 is 16.9 Å². The molecule has 2 saturated carbocycles. The van der Waals surface area contributed by atoms with Crippen molar-refractivity contribution in [3.63, 3.8) is 0 Å². The van der Waals surface area contributed by atoms with Crippen LogP contribution in [0.2, 0.25) is 0 Å². The highest BCUT2D eigenvalue weighted by atomic mass is 16.2. The van der Waals surface area contributed by atoms with Gasteiger partial charge in [0.15, 0.2) is 0 Å². The summed E-state index contributed by atoms with van der Waals surface area (Å²) in [7, 11) is 0. The molecule has 0 aliphatic heterocycles. The predicted octanol–water partition coefficient (Wildman–Crippen LogP) is 7.40. The number of nitrogens with zero attached hydrogens (tertiary/aromatic N) is 2. The normalized spacial score (nSPS) is 18.9. The molecule has 1 aromatic heterocycles. The van der Waals surface area contributed by atoms with Gasteiger partial charge in [0.25, 0.3) is 0 Å². The zero-order chi connectivity index (χ0) is 23.5. The van der Waals surface area contributed by atoms with E-state index in [9.17, 15) is 4.79 Å². The minimum atomic E-state index is -0.214. The molecule has 2 fully saturated rings. The number of benzene rings is 2. The van der Waals surface area contributed by atoms with Crippen molar-refractivity contribution < 1.29 is 4.79 Å². The van der Waals surface area contributed by atoms with Gasteiger partial charge < -0.3 is 9.88 Å². The molecule has 180 valence electrons. The number of fused-ring (bicyclic) bond motifs is 1. The Bertz CT molecular complexity index is 1100. The van der Waals surface area contributed by atoms with Gasteiger partial charge in [-0.3, -0.25) is 4.79 Å². The molecule has 1 heterocycles. The highest BCUT2D eigenvalue weighted by Gasteiger charge is 2.35. The van der Waals surface area contributed by atoms with Crippen molar-refractivity contribution in [1.29, 1.82) is 0 Å². The number of carbonyl (C=O) groups excluding carboxylic acids is 1. The summed E-state index contributed by atoms with van der Waals surface area (Å²) in [6.45, 7) is 4.44. The van der Waals surface area contributed by atoms with Crippen LogP contribution >= 0.6 is 0 Å². The number of rotatable bonds is 6. The number of hydrogen-bond donors (Lipinski definition) is 1. The zero-order valence-corrected chi connectivity index (χ0v) is 20.8. The van der Waals surface area contributed by atoms with E-state index in [0.717, 1.165) is 48.1 Å². The Kier molecular flexibility index (Phi) is 7.03. The van der Waals surface area contributed by atoms with Crippen molar-refractivity contribution in [2.45, 2.75) is 96.1 Å². The Morgan fingerprint density at radius 1 is 0.882 bits per heavy atom. The lowest BCUT2D eigenvalue weighted by atomic mass is 9.82. The van der Waals surface area contributed by atoms with Crippen LogP contribution in [0.15, 0.2) is 48.5 Å². The molecule has 0 spiro atoms. The van der Waals surface area contributed by atoms with Gasteiger partial charge in [-0.25, -0.2) is 4.98 Å². The number of para-hydroxylation sites is 2. The maximum atomic E-state index is 14.0. The molecular formula is C30H39N3O. The van der Waals surface area contributed by atoms with E-state index in [1.165, 1.54) is 44.1 Å². The molecule has 5 rings (SSSR count). The second kappa shape index (κ2) is 10.3. The average molecular weight is 458 g/mol. The SMILES string of the molecule is CC(C)c1ccc(-c2nc3ccccc3n2C(C(=O)NC2CCCCC2)C2CCCCC2)cc1. The van der Waals surface area contributed by atoms with Gasteiger partial charge in [0.1, 0.15) is 11.9 Å². The zero-order valence-electron chi connectivity index (χ0n) is 20.8. The quantitative estimate of drug-likeness (QED) is 0.419. The lowest BCUT2D eigenvalue weighted by molar-refractivity contribution is -0.127. The van der Waals surface area contributed by atoms with Gasteiger partial charge in [0, 0.05) is 11.6 Å². The molecule has 0 saturated heterocycles. The van der Waals surface area contributed by atoms with Crippen LogP contribution in [0.1, 0.15) is 95.6 Å². The number of aromatic nitrogens is 2. The van der Waals surface area contributed by atoms with Crippen LogP contribution in [0.4, 0.5) is 0 Å². The first-order chi connectivity index (χ1) is 16.6. The van der Waals surface area contributed by atoms with Crippen molar-refractivity contribution in [2.75, 3.05) is 0 Å². The largest absolute Gasteiger partial charge is 0.352 e. The molecule has 1 atom stereocenters. The van der Waals surface area contributed by atoms with Crippen molar-refractivity contribution in [1.82, 2.24) is 14.9 Å². The molecule has 4 heteroatoms. The molecule has 34 heavy (non-hydrogen) atoms. The van der Waals surface area contributed by atoms with E-state index < -0.39 is 0 Å². The second-order valence-electron chi connectivity index (χ2n) is 10.8. The number of imidazole rings is 1. The smallest absolute Gasteiger partial charge is 0.243 e. The van der Waals surface area contributed by atoms with E-state index in [0.29, 0.717) is 17.9 Å². The second-order valence-corrected chi connectivity index (χ2v) is 10.8. The third kappa shape index (κ3) is 4.78. The molecular weight excluding hydrogens is 418 g/mol. The third-order valence-corrected chi connectivity index (χ3v) is 8.03. The summed E-state index contributed by atoms with van der Waals surface area (Å²) in [5, 5.41) is 3.48. The Labute approximate surface area is 204 Å². The lowest BCUT2D eigenvalue weighted by Gasteiger charge is -2.33. The molecule has 1 unspecified atom stereocenters.